The molecule has 8 heteroatoms. The van der Waals surface area contributed by atoms with Crippen molar-refractivity contribution in [2.75, 3.05) is 18.5 Å². The third-order valence-corrected chi connectivity index (χ3v) is 4.30. The number of benzene rings is 2. The largest absolute Gasteiger partial charge is 0.492 e. The lowest BCUT2D eigenvalue weighted by atomic mass is 10.2. The van der Waals surface area contributed by atoms with Crippen LogP contribution in [0.3, 0.4) is 0 Å². The summed E-state index contributed by atoms with van der Waals surface area (Å²) < 4.78 is 20.4. The number of carbonyl (C=O) groups excluding carboxylic acids is 1. The molecule has 2 aromatic carbocycles. The molecule has 0 bridgehead atoms. The molecule has 0 spiro atoms. The number of fused-ring (bicyclic) bond motifs is 1. The van der Waals surface area contributed by atoms with E-state index in [0.717, 1.165) is 5.39 Å². The molecule has 2 N–H and O–H groups in total. The lowest BCUT2D eigenvalue weighted by molar-refractivity contribution is -0.120. The number of nitrogens with one attached hydrogen (secondary N) is 2. The molecule has 0 aliphatic rings. The average molecular weight is 433 g/mol. The van der Waals surface area contributed by atoms with Crippen LogP contribution in [0.4, 0.5) is 15.9 Å². The van der Waals surface area contributed by atoms with Gasteiger partial charge in [-0.25, -0.2) is 14.4 Å². The lowest BCUT2D eigenvalue weighted by Crippen LogP contribution is -2.27. The Hall–Kier alpha value is -2.74. The highest BCUT2D eigenvalue weighted by atomic mass is 79.9. The highest BCUT2D eigenvalue weighted by Crippen LogP contribution is 2.28. The lowest BCUT2D eigenvalue weighted by Gasteiger charge is -2.11. The van der Waals surface area contributed by atoms with Crippen LogP contribution < -0.4 is 15.4 Å². The summed E-state index contributed by atoms with van der Waals surface area (Å²) in [4.78, 5) is 19.7. The average Bonchev–Trinajstić information content (AvgIpc) is 2.67. The Morgan fingerprint density at radius 1 is 1.22 bits per heavy atom. The summed E-state index contributed by atoms with van der Waals surface area (Å²) in [6, 6.07) is 10.1. The van der Waals surface area contributed by atoms with E-state index in [0.29, 0.717) is 46.8 Å². The SMILES string of the molecule is CCC(=O)NCCOc1ccc2c(Nc3ccc(Br)cc3F)ncnc2c1. The molecular formula is C19H18BrFN4O2. The minimum Gasteiger partial charge on any atom is -0.492 e. The number of hydrogen-bond donors (Lipinski definition) is 2. The van der Waals surface area contributed by atoms with Crippen molar-refractivity contribution in [1.29, 1.82) is 0 Å². The van der Waals surface area contributed by atoms with Crippen LogP contribution in [0.2, 0.25) is 0 Å². The first-order chi connectivity index (χ1) is 13.1. The summed E-state index contributed by atoms with van der Waals surface area (Å²) in [6.07, 6.45) is 1.86. The molecule has 27 heavy (non-hydrogen) atoms. The van der Waals surface area contributed by atoms with E-state index in [1.807, 2.05) is 6.07 Å². The first-order valence-electron chi connectivity index (χ1n) is 8.43. The van der Waals surface area contributed by atoms with Gasteiger partial charge in [-0.05, 0) is 30.3 Å². The first kappa shape index (κ1) is 19.0. The molecule has 140 valence electrons. The quantitative estimate of drug-likeness (QED) is 0.547. The Labute approximate surface area is 164 Å². The van der Waals surface area contributed by atoms with Crippen LogP contribution >= 0.6 is 15.9 Å². The van der Waals surface area contributed by atoms with Gasteiger partial charge in [-0.3, -0.25) is 4.79 Å². The van der Waals surface area contributed by atoms with E-state index >= 15 is 0 Å². The van der Waals surface area contributed by atoms with Crippen molar-refractivity contribution in [2.24, 2.45) is 0 Å². The maximum Gasteiger partial charge on any atom is 0.219 e. The van der Waals surface area contributed by atoms with Gasteiger partial charge in [0.15, 0.2) is 0 Å². The predicted molar refractivity (Wildman–Crippen MR) is 106 cm³/mol. The highest BCUT2D eigenvalue weighted by Gasteiger charge is 2.09. The second-order valence-corrected chi connectivity index (χ2v) is 6.62. The van der Waals surface area contributed by atoms with E-state index in [1.54, 1.807) is 31.2 Å². The van der Waals surface area contributed by atoms with Gasteiger partial charge in [0.25, 0.3) is 0 Å². The molecule has 0 saturated carbocycles. The van der Waals surface area contributed by atoms with Crippen molar-refractivity contribution in [3.8, 4) is 5.75 Å². The molecule has 3 aromatic rings. The van der Waals surface area contributed by atoms with Crippen LogP contribution in [-0.4, -0.2) is 29.0 Å². The minimum atomic E-state index is -0.384. The maximum atomic E-state index is 14.1. The Morgan fingerprint density at radius 2 is 2.07 bits per heavy atom. The van der Waals surface area contributed by atoms with Crippen molar-refractivity contribution in [2.45, 2.75) is 13.3 Å². The number of anilines is 2. The molecule has 0 aliphatic heterocycles. The number of carbonyl (C=O) groups is 1. The Morgan fingerprint density at radius 3 is 2.85 bits per heavy atom. The standard InChI is InChI=1S/C19H18BrFN4O2/c1-2-18(26)22-7-8-27-13-4-5-14-17(10-13)23-11-24-19(14)25-16-6-3-12(20)9-15(16)21/h3-6,9-11H,2,7-8H2,1H3,(H,22,26)(H,23,24,25). The van der Waals surface area contributed by atoms with Crippen molar-refractivity contribution in [3.63, 3.8) is 0 Å². The topological polar surface area (TPSA) is 76.1 Å². The van der Waals surface area contributed by atoms with Crippen LogP contribution in [0.25, 0.3) is 10.9 Å². The third-order valence-electron chi connectivity index (χ3n) is 3.81. The fraction of sp³-hybridized carbons (Fsp3) is 0.211. The number of aromatic nitrogens is 2. The van der Waals surface area contributed by atoms with E-state index in [4.69, 9.17) is 4.74 Å². The first-order valence-corrected chi connectivity index (χ1v) is 9.22. The zero-order valence-electron chi connectivity index (χ0n) is 14.6. The molecule has 0 atom stereocenters. The van der Waals surface area contributed by atoms with Gasteiger partial charge < -0.3 is 15.4 Å². The van der Waals surface area contributed by atoms with Crippen LogP contribution in [0.1, 0.15) is 13.3 Å². The molecule has 0 radical (unpaired) electrons. The van der Waals surface area contributed by atoms with Gasteiger partial charge in [-0.1, -0.05) is 22.9 Å². The number of ether oxygens (including phenoxy) is 1. The summed E-state index contributed by atoms with van der Waals surface area (Å²) in [6.45, 7) is 2.59. The van der Waals surface area contributed by atoms with Crippen LogP contribution in [0.15, 0.2) is 47.2 Å². The molecule has 0 aliphatic carbocycles. The predicted octanol–water partition coefficient (Wildman–Crippen LogP) is 4.18. The van der Waals surface area contributed by atoms with E-state index in [2.05, 4.69) is 36.5 Å². The number of hydrogen-bond acceptors (Lipinski definition) is 5. The molecule has 0 fully saturated rings. The van der Waals surface area contributed by atoms with Gasteiger partial charge in [0.05, 0.1) is 17.7 Å². The van der Waals surface area contributed by atoms with Gasteiger partial charge in [0.2, 0.25) is 5.91 Å². The Kier molecular flexibility index (Phi) is 6.18. The molecule has 0 unspecified atom stereocenters. The minimum absolute atomic E-state index is 0.0132. The van der Waals surface area contributed by atoms with E-state index in [9.17, 15) is 9.18 Å². The number of rotatable bonds is 7. The molecule has 3 rings (SSSR count). The molecular weight excluding hydrogens is 415 g/mol. The zero-order valence-corrected chi connectivity index (χ0v) is 16.2. The summed E-state index contributed by atoms with van der Waals surface area (Å²) in [5.74, 6) is 0.738. The van der Waals surface area contributed by atoms with E-state index in [1.165, 1.54) is 12.4 Å². The van der Waals surface area contributed by atoms with E-state index in [-0.39, 0.29) is 11.7 Å². The normalized spacial score (nSPS) is 10.6. The van der Waals surface area contributed by atoms with Gasteiger partial charge in [-0.15, -0.1) is 0 Å². The maximum absolute atomic E-state index is 14.1. The molecule has 1 heterocycles. The summed E-state index contributed by atoms with van der Waals surface area (Å²) in [5, 5.41) is 6.49. The molecule has 1 amide bonds. The van der Waals surface area contributed by atoms with Gasteiger partial charge in [-0.2, -0.15) is 0 Å². The smallest absolute Gasteiger partial charge is 0.219 e. The fourth-order valence-electron chi connectivity index (χ4n) is 2.43. The van der Waals surface area contributed by atoms with E-state index < -0.39 is 0 Å². The number of amides is 1. The van der Waals surface area contributed by atoms with Gasteiger partial charge in [0.1, 0.15) is 30.3 Å². The summed E-state index contributed by atoms with van der Waals surface area (Å²) in [7, 11) is 0. The fourth-order valence-corrected chi connectivity index (χ4v) is 2.76. The van der Waals surface area contributed by atoms with Crippen molar-refractivity contribution < 1.29 is 13.9 Å². The Bertz CT molecular complexity index is 968. The van der Waals surface area contributed by atoms with Crippen molar-refractivity contribution in [3.05, 3.63) is 53.0 Å². The second-order valence-electron chi connectivity index (χ2n) is 5.70. The van der Waals surface area contributed by atoms with Crippen LogP contribution in [0.5, 0.6) is 5.75 Å². The zero-order chi connectivity index (χ0) is 19.2. The van der Waals surface area contributed by atoms with Crippen molar-refractivity contribution in [1.82, 2.24) is 15.3 Å². The van der Waals surface area contributed by atoms with Crippen LogP contribution in [0, 0.1) is 5.82 Å². The van der Waals surface area contributed by atoms with Gasteiger partial charge in [0, 0.05) is 22.3 Å². The summed E-state index contributed by atoms with van der Waals surface area (Å²) >= 11 is 3.24. The molecule has 0 saturated heterocycles. The second kappa shape index (κ2) is 8.77. The number of nitrogens with zero attached hydrogens (tertiary/aromatic N) is 2. The molecule has 6 nitrogen and oxygen atoms in total. The monoisotopic (exact) mass is 432 g/mol. The summed E-state index contributed by atoms with van der Waals surface area (Å²) in [5.41, 5.74) is 0.991. The molecule has 1 aromatic heterocycles. The highest BCUT2D eigenvalue weighted by molar-refractivity contribution is 9.10. The third kappa shape index (κ3) is 4.91. The van der Waals surface area contributed by atoms with Gasteiger partial charge >= 0.3 is 0 Å². The van der Waals surface area contributed by atoms with Crippen LogP contribution in [-0.2, 0) is 4.79 Å². The van der Waals surface area contributed by atoms with Crippen molar-refractivity contribution >= 4 is 44.2 Å². The Balaban J connectivity index is 1.74. The number of halogens is 2.